The number of hydrogen-bond acceptors (Lipinski definition) is 3. The van der Waals surface area contributed by atoms with Gasteiger partial charge in [0.25, 0.3) is 0 Å². The maximum Gasteiger partial charge on any atom is 0.107 e. The van der Waals surface area contributed by atoms with Gasteiger partial charge in [0, 0.05) is 18.8 Å². The maximum atomic E-state index is 4.64. The molecule has 1 aliphatic carbocycles. The quantitative estimate of drug-likeness (QED) is 0.540. The molecule has 1 N–H and O–H groups in total. The fourth-order valence-electron chi connectivity index (χ4n) is 3.70. The van der Waals surface area contributed by atoms with Crippen molar-refractivity contribution < 1.29 is 0 Å². The summed E-state index contributed by atoms with van der Waals surface area (Å²) in [5, 5.41) is 4.91. The summed E-state index contributed by atoms with van der Waals surface area (Å²) in [5.41, 5.74) is 3.77. The first-order valence-electron chi connectivity index (χ1n) is 9.72. The minimum Gasteiger partial charge on any atom is -0.308 e. The highest BCUT2D eigenvalue weighted by molar-refractivity contribution is 7.15. The zero-order valence-corrected chi connectivity index (χ0v) is 16.0. The molecule has 0 amide bonds. The normalized spacial score (nSPS) is 15.7. The summed E-state index contributed by atoms with van der Waals surface area (Å²) >= 11 is 1.81. The SMILES string of the molecule is c1ccc(-c2ccc(-c3cnc(CNC4CCCCCC4)s3)cc2)cc1. The van der Waals surface area contributed by atoms with Gasteiger partial charge in [-0.2, -0.15) is 0 Å². The Morgan fingerprint density at radius 3 is 2.19 bits per heavy atom. The van der Waals surface area contributed by atoms with Crippen LogP contribution in [0.4, 0.5) is 0 Å². The number of hydrogen-bond donors (Lipinski definition) is 1. The summed E-state index contributed by atoms with van der Waals surface area (Å²) in [6.45, 7) is 0.900. The van der Waals surface area contributed by atoms with Gasteiger partial charge in [-0.3, -0.25) is 0 Å². The molecule has 2 aromatic carbocycles. The standard InChI is InChI=1S/C23H26N2S/c1-2-7-11-21(10-6-1)24-17-23-25-16-22(26-23)20-14-12-19(13-15-20)18-8-4-3-5-9-18/h3-5,8-9,12-16,21,24H,1-2,6-7,10-11,17H2. The lowest BCUT2D eigenvalue weighted by atomic mass is 10.0. The van der Waals surface area contributed by atoms with Crippen LogP contribution in [-0.2, 0) is 6.54 Å². The molecule has 134 valence electrons. The van der Waals surface area contributed by atoms with E-state index in [1.807, 2.05) is 17.5 Å². The summed E-state index contributed by atoms with van der Waals surface area (Å²) in [5.74, 6) is 0. The Kier molecular flexibility index (Phi) is 5.78. The molecule has 4 rings (SSSR count). The molecule has 0 bridgehead atoms. The first-order valence-corrected chi connectivity index (χ1v) is 10.5. The molecule has 0 spiro atoms. The van der Waals surface area contributed by atoms with Crippen LogP contribution in [0.5, 0.6) is 0 Å². The van der Waals surface area contributed by atoms with Crippen LogP contribution in [-0.4, -0.2) is 11.0 Å². The molecule has 1 saturated carbocycles. The van der Waals surface area contributed by atoms with Crippen molar-refractivity contribution in [3.05, 3.63) is 65.8 Å². The van der Waals surface area contributed by atoms with Crippen molar-refractivity contribution in [2.75, 3.05) is 0 Å². The average Bonchev–Trinajstić information content (AvgIpc) is 3.02. The van der Waals surface area contributed by atoms with Gasteiger partial charge in [0.2, 0.25) is 0 Å². The number of nitrogens with zero attached hydrogens (tertiary/aromatic N) is 1. The van der Waals surface area contributed by atoms with Gasteiger partial charge in [0.15, 0.2) is 0 Å². The van der Waals surface area contributed by atoms with Crippen LogP contribution in [0.25, 0.3) is 21.6 Å². The topological polar surface area (TPSA) is 24.9 Å². The van der Waals surface area contributed by atoms with Crippen molar-refractivity contribution in [1.29, 1.82) is 0 Å². The van der Waals surface area contributed by atoms with E-state index in [1.54, 1.807) is 0 Å². The van der Waals surface area contributed by atoms with Crippen molar-refractivity contribution in [3.8, 4) is 21.6 Å². The second-order valence-electron chi connectivity index (χ2n) is 7.13. The highest BCUT2D eigenvalue weighted by atomic mass is 32.1. The Balaban J connectivity index is 1.39. The molecular weight excluding hydrogens is 336 g/mol. The van der Waals surface area contributed by atoms with Crippen LogP contribution in [0.2, 0.25) is 0 Å². The van der Waals surface area contributed by atoms with Gasteiger partial charge in [-0.05, 0) is 29.5 Å². The van der Waals surface area contributed by atoms with Gasteiger partial charge in [-0.25, -0.2) is 4.98 Å². The van der Waals surface area contributed by atoms with E-state index in [4.69, 9.17) is 0 Å². The van der Waals surface area contributed by atoms with E-state index in [-0.39, 0.29) is 0 Å². The molecule has 3 heteroatoms. The summed E-state index contributed by atoms with van der Waals surface area (Å²) < 4.78 is 0. The van der Waals surface area contributed by atoms with E-state index in [9.17, 15) is 0 Å². The molecule has 0 aliphatic heterocycles. The maximum absolute atomic E-state index is 4.64. The second-order valence-corrected chi connectivity index (χ2v) is 8.25. The Bertz CT molecular complexity index is 800. The molecule has 26 heavy (non-hydrogen) atoms. The summed E-state index contributed by atoms with van der Waals surface area (Å²) in [6, 6.07) is 20.0. The molecule has 1 aromatic heterocycles. The summed E-state index contributed by atoms with van der Waals surface area (Å²) in [6.07, 6.45) is 10.2. The Morgan fingerprint density at radius 2 is 1.46 bits per heavy atom. The van der Waals surface area contributed by atoms with E-state index < -0.39 is 0 Å². The zero-order valence-electron chi connectivity index (χ0n) is 15.2. The van der Waals surface area contributed by atoms with E-state index in [0.29, 0.717) is 6.04 Å². The van der Waals surface area contributed by atoms with Gasteiger partial charge in [-0.1, -0.05) is 80.3 Å². The van der Waals surface area contributed by atoms with E-state index in [0.717, 1.165) is 6.54 Å². The lowest BCUT2D eigenvalue weighted by molar-refractivity contribution is 0.458. The molecule has 3 aromatic rings. The minimum absolute atomic E-state index is 0.676. The highest BCUT2D eigenvalue weighted by Crippen LogP contribution is 2.29. The molecule has 0 saturated heterocycles. The van der Waals surface area contributed by atoms with Crippen LogP contribution in [0, 0.1) is 0 Å². The van der Waals surface area contributed by atoms with Crippen LogP contribution in [0.3, 0.4) is 0 Å². The molecule has 0 unspecified atom stereocenters. The lowest BCUT2D eigenvalue weighted by Crippen LogP contribution is -2.27. The third-order valence-corrected chi connectivity index (χ3v) is 6.27. The second kappa shape index (κ2) is 8.61. The van der Waals surface area contributed by atoms with Crippen molar-refractivity contribution >= 4 is 11.3 Å². The number of aromatic nitrogens is 1. The Morgan fingerprint density at radius 1 is 0.808 bits per heavy atom. The number of thiazole rings is 1. The zero-order chi connectivity index (χ0) is 17.6. The Hall–Kier alpha value is -1.97. The van der Waals surface area contributed by atoms with E-state index in [2.05, 4.69) is 64.9 Å². The predicted octanol–water partition coefficient (Wildman–Crippen LogP) is 6.29. The van der Waals surface area contributed by atoms with E-state index >= 15 is 0 Å². The minimum atomic E-state index is 0.676. The highest BCUT2D eigenvalue weighted by Gasteiger charge is 2.12. The number of rotatable bonds is 5. The van der Waals surface area contributed by atoms with Gasteiger partial charge >= 0.3 is 0 Å². The largest absolute Gasteiger partial charge is 0.308 e. The lowest BCUT2D eigenvalue weighted by Gasteiger charge is -2.14. The number of nitrogens with one attached hydrogen (secondary N) is 1. The Labute approximate surface area is 160 Å². The van der Waals surface area contributed by atoms with Crippen LogP contribution >= 0.6 is 11.3 Å². The van der Waals surface area contributed by atoms with Crippen molar-refractivity contribution in [2.24, 2.45) is 0 Å². The third kappa shape index (κ3) is 4.40. The first-order chi connectivity index (χ1) is 12.9. The van der Waals surface area contributed by atoms with Crippen LogP contribution < -0.4 is 5.32 Å². The molecule has 1 aliphatic rings. The van der Waals surface area contributed by atoms with Crippen molar-refractivity contribution in [3.63, 3.8) is 0 Å². The third-order valence-electron chi connectivity index (χ3n) is 5.23. The van der Waals surface area contributed by atoms with Gasteiger partial charge < -0.3 is 5.32 Å². The fourth-order valence-corrected chi connectivity index (χ4v) is 4.57. The van der Waals surface area contributed by atoms with Gasteiger partial charge in [-0.15, -0.1) is 11.3 Å². The molecule has 1 heterocycles. The first kappa shape index (κ1) is 17.4. The van der Waals surface area contributed by atoms with Crippen LogP contribution in [0.1, 0.15) is 43.5 Å². The average molecular weight is 363 g/mol. The predicted molar refractivity (Wildman–Crippen MR) is 111 cm³/mol. The van der Waals surface area contributed by atoms with Crippen molar-refractivity contribution in [1.82, 2.24) is 10.3 Å². The van der Waals surface area contributed by atoms with Crippen molar-refractivity contribution in [2.45, 2.75) is 51.1 Å². The smallest absolute Gasteiger partial charge is 0.107 e. The molecular formula is C23H26N2S. The van der Waals surface area contributed by atoms with E-state index in [1.165, 1.54) is 65.1 Å². The molecule has 0 atom stereocenters. The molecule has 0 radical (unpaired) electrons. The van der Waals surface area contributed by atoms with Crippen LogP contribution in [0.15, 0.2) is 60.8 Å². The molecule has 1 fully saturated rings. The number of benzene rings is 2. The molecule has 2 nitrogen and oxygen atoms in total. The van der Waals surface area contributed by atoms with Gasteiger partial charge in [0.05, 0.1) is 4.88 Å². The fraction of sp³-hybridized carbons (Fsp3) is 0.348. The van der Waals surface area contributed by atoms with Gasteiger partial charge in [0.1, 0.15) is 5.01 Å². The monoisotopic (exact) mass is 362 g/mol. The summed E-state index contributed by atoms with van der Waals surface area (Å²) in [4.78, 5) is 5.89. The summed E-state index contributed by atoms with van der Waals surface area (Å²) in [7, 11) is 0.